The van der Waals surface area contributed by atoms with Gasteiger partial charge < -0.3 is 10.1 Å². The largest absolute Gasteiger partial charge is 0.493 e. The van der Waals surface area contributed by atoms with Crippen molar-refractivity contribution in [3.8, 4) is 5.75 Å². The van der Waals surface area contributed by atoms with Crippen LogP contribution in [0.3, 0.4) is 0 Å². The normalized spacial score (nSPS) is 17.0. The van der Waals surface area contributed by atoms with Crippen molar-refractivity contribution in [3.63, 3.8) is 0 Å². The smallest absolute Gasteiger partial charge is 0.127 e. The summed E-state index contributed by atoms with van der Waals surface area (Å²) in [5.74, 6) is 1.17. The van der Waals surface area contributed by atoms with Gasteiger partial charge in [-0.3, -0.25) is 0 Å². The molecule has 1 heterocycles. The van der Waals surface area contributed by atoms with Crippen molar-refractivity contribution >= 4 is 0 Å². The van der Waals surface area contributed by atoms with Gasteiger partial charge in [-0.1, -0.05) is 36.4 Å². The molecule has 0 bridgehead atoms. The van der Waals surface area contributed by atoms with Gasteiger partial charge >= 0.3 is 0 Å². The Bertz CT molecular complexity index is 570. The standard InChI is InChI=1S/C16H16FNO/c17-15-7-3-1-5-12(15)9-18-10-13-11-19-16-8-4-2-6-14(13)16/h1-8,13,18H,9-11H2. The molecule has 1 aliphatic rings. The first-order valence-corrected chi connectivity index (χ1v) is 6.50. The summed E-state index contributed by atoms with van der Waals surface area (Å²) < 4.78 is 19.1. The number of para-hydroxylation sites is 1. The third kappa shape index (κ3) is 2.61. The Labute approximate surface area is 112 Å². The van der Waals surface area contributed by atoms with E-state index in [1.807, 2.05) is 24.3 Å². The molecule has 0 aliphatic carbocycles. The number of benzene rings is 2. The van der Waals surface area contributed by atoms with Gasteiger partial charge in [0.25, 0.3) is 0 Å². The average molecular weight is 257 g/mol. The van der Waals surface area contributed by atoms with Gasteiger partial charge in [-0.25, -0.2) is 4.39 Å². The van der Waals surface area contributed by atoms with E-state index in [-0.39, 0.29) is 5.82 Å². The first kappa shape index (κ1) is 12.2. The van der Waals surface area contributed by atoms with Crippen LogP contribution in [0.2, 0.25) is 0 Å². The van der Waals surface area contributed by atoms with Gasteiger partial charge in [0, 0.05) is 30.1 Å². The van der Waals surface area contributed by atoms with E-state index in [1.54, 1.807) is 12.1 Å². The molecule has 0 fully saturated rings. The number of ether oxygens (including phenoxy) is 1. The molecule has 2 nitrogen and oxygen atoms in total. The van der Waals surface area contributed by atoms with Crippen LogP contribution >= 0.6 is 0 Å². The first-order valence-electron chi connectivity index (χ1n) is 6.50. The molecular formula is C16H16FNO. The molecule has 0 amide bonds. The molecule has 98 valence electrons. The second-order valence-corrected chi connectivity index (χ2v) is 4.77. The summed E-state index contributed by atoms with van der Waals surface area (Å²) in [7, 11) is 0. The van der Waals surface area contributed by atoms with Gasteiger partial charge in [0.1, 0.15) is 11.6 Å². The highest BCUT2D eigenvalue weighted by Crippen LogP contribution is 2.32. The molecule has 1 N–H and O–H groups in total. The Hall–Kier alpha value is -1.87. The SMILES string of the molecule is Fc1ccccc1CNCC1COc2ccccc21. The van der Waals surface area contributed by atoms with Crippen LogP contribution in [0.25, 0.3) is 0 Å². The van der Waals surface area contributed by atoms with Crippen LogP contribution in [0.5, 0.6) is 5.75 Å². The fourth-order valence-electron chi connectivity index (χ4n) is 2.42. The molecule has 0 saturated carbocycles. The highest BCUT2D eigenvalue weighted by atomic mass is 19.1. The monoisotopic (exact) mass is 257 g/mol. The number of halogens is 1. The van der Waals surface area contributed by atoms with E-state index in [1.165, 1.54) is 11.6 Å². The summed E-state index contributed by atoms with van der Waals surface area (Å²) in [5, 5.41) is 3.31. The van der Waals surface area contributed by atoms with E-state index < -0.39 is 0 Å². The van der Waals surface area contributed by atoms with Crippen molar-refractivity contribution in [2.24, 2.45) is 0 Å². The molecule has 2 aromatic carbocycles. The molecule has 0 spiro atoms. The maximum absolute atomic E-state index is 13.5. The van der Waals surface area contributed by atoms with Crippen LogP contribution in [0.4, 0.5) is 4.39 Å². The van der Waals surface area contributed by atoms with Crippen molar-refractivity contribution in [1.82, 2.24) is 5.32 Å². The van der Waals surface area contributed by atoms with Gasteiger partial charge in [-0.15, -0.1) is 0 Å². The number of fused-ring (bicyclic) bond motifs is 1. The topological polar surface area (TPSA) is 21.3 Å². The molecule has 0 aromatic heterocycles. The van der Waals surface area contributed by atoms with Crippen LogP contribution in [0.15, 0.2) is 48.5 Å². The molecular weight excluding hydrogens is 241 g/mol. The molecule has 0 radical (unpaired) electrons. The Morgan fingerprint density at radius 2 is 1.89 bits per heavy atom. The summed E-state index contributed by atoms with van der Waals surface area (Å²) in [6.45, 7) is 2.04. The van der Waals surface area contributed by atoms with Crippen molar-refractivity contribution in [1.29, 1.82) is 0 Å². The Balaban J connectivity index is 1.58. The second-order valence-electron chi connectivity index (χ2n) is 4.77. The lowest BCUT2D eigenvalue weighted by atomic mass is 10.0. The van der Waals surface area contributed by atoms with Gasteiger partial charge in [-0.2, -0.15) is 0 Å². The molecule has 3 rings (SSSR count). The second kappa shape index (κ2) is 5.41. The van der Waals surface area contributed by atoms with Gasteiger partial charge in [0.05, 0.1) is 6.61 Å². The molecule has 0 saturated heterocycles. The number of rotatable bonds is 4. The molecule has 1 aliphatic heterocycles. The third-order valence-electron chi connectivity index (χ3n) is 3.46. The average Bonchev–Trinajstić information content (AvgIpc) is 2.85. The summed E-state index contributed by atoms with van der Waals surface area (Å²) in [4.78, 5) is 0. The fourth-order valence-corrected chi connectivity index (χ4v) is 2.42. The minimum absolute atomic E-state index is 0.155. The maximum atomic E-state index is 13.5. The maximum Gasteiger partial charge on any atom is 0.127 e. The van der Waals surface area contributed by atoms with E-state index in [9.17, 15) is 4.39 Å². The lowest BCUT2D eigenvalue weighted by Gasteiger charge is -2.11. The lowest BCUT2D eigenvalue weighted by Crippen LogP contribution is -2.22. The van der Waals surface area contributed by atoms with E-state index in [4.69, 9.17) is 4.74 Å². The van der Waals surface area contributed by atoms with Crippen LogP contribution in [-0.4, -0.2) is 13.2 Å². The van der Waals surface area contributed by atoms with Crippen LogP contribution in [0, 0.1) is 5.82 Å². The predicted octanol–water partition coefficient (Wildman–Crippen LogP) is 3.09. The highest BCUT2D eigenvalue weighted by molar-refractivity contribution is 5.39. The minimum Gasteiger partial charge on any atom is -0.493 e. The predicted molar refractivity (Wildman–Crippen MR) is 72.8 cm³/mol. The Kier molecular flexibility index (Phi) is 3.47. The van der Waals surface area contributed by atoms with Crippen LogP contribution < -0.4 is 10.1 Å². The fraction of sp³-hybridized carbons (Fsp3) is 0.250. The number of nitrogens with one attached hydrogen (secondary N) is 1. The Morgan fingerprint density at radius 3 is 2.79 bits per heavy atom. The van der Waals surface area contributed by atoms with E-state index >= 15 is 0 Å². The van der Waals surface area contributed by atoms with Crippen LogP contribution in [0.1, 0.15) is 17.0 Å². The zero-order valence-corrected chi connectivity index (χ0v) is 10.6. The summed E-state index contributed by atoms with van der Waals surface area (Å²) >= 11 is 0. The first-order chi connectivity index (χ1) is 9.34. The molecule has 3 heteroatoms. The molecule has 1 unspecified atom stereocenters. The lowest BCUT2D eigenvalue weighted by molar-refractivity contribution is 0.326. The van der Waals surface area contributed by atoms with Gasteiger partial charge in [-0.05, 0) is 12.1 Å². The van der Waals surface area contributed by atoms with Crippen molar-refractivity contribution in [2.75, 3.05) is 13.2 Å². The Morgan fingerprint density at radius 1 is 1.11 bits per heavy atom. The minimum atomic E-state index is -0.155. The van der Waals surface area contributed by atoms with Crippen molar-refractivity contribution < 1.29 is 9.13 Å². The summed E-state index contributed by atoms with van der Waals surface area (Å²) in [6.07, 6.45) is 0. The zero-order valence-electron chi connectivity index (χ0n) is 10.6. The molecule has 19 heavy (non-hydrogen) atoms. The van der Waals surface area contributed by atoms with E-state index in [0.717, 1.165) is 12.3 Å². The molecule has 1 atom stereocenters. The number of hydrogen-bond donors (Lipinski definition) is 1. The van der Waals surface area contributed by atoms with Crippen molar-refractivity contribution in [2.45, 2.75) is 12.5 Å². The highest BCUT2D eigenvalue weighted by Gasteiger charge is 2.22. The molecule has 2 aromatic rings. The van der Waals surface area contributed by atoms with Gasteiger partial charge in [0.2, 0.25) is 0 Å². The summed E-state index contributed by atoms with van der Waals surface area (Å²) in [6, 6.07) is 15.0. The van der Waals surface area contributed by atoms with Gasteiger partial charge in [0.15, 0.2) is 0 Å². The summed E-state index contributed by atoms with van der Waals surface area (Å²) in [5.41, 5.74) is 1.94. The van der Waals surface area contributed by atoms with E-state index in [2.05, 4.69) is 11.4 Å². The van der Waals surface area contributed by atoms with Crippen molar-refractivity contribution in [3.05, 3.63) is 65.5 Å². The van der Waals surface area contributed by atoms with E-state index in [0.29, 0.717) is 24.6 Å². The number of hydrogen-bond acceptors (Lipinski definition) is 2. The zero-order chi connectivity index (χ0) is 13.1. The quantitative estimate of drug-likeness (QED) is 0.908. The van der Waals surface area contributed by atoms with Crippen LogP contribution in [-0.2, 0) is 6.54 Å². The third-order valence-corrected chi connectivity index (χ3v) is 3.46.